The number of para-hydroxylation sites is 1. The smallest absolute Gasteiger partial charge is 0.264 e. The second-order valence-corrected chi connectivity index (χ2v) is 8.40. The van der Waals surface area contributed by atoms with Crippen LogP contribution in [0.4, 0.5) is 10.8 Å². The van der Waals surface area contributed by atoms with Crippen molar-refractivity contribution in [2.75, 3.05) is 23.4 Å². The molecule has 0 spiro atoms. The lowest BCUT2D eigenvalue weighted by molar-refractivity contribution is -0.120. The number of rotatable bonds is 6. The Kier molecular flexibility index (Phi) is 4.96. The van der Waals surface area contributed by atoms with Gasteiger partial charge in [0, 0.05) is 29.1 Å². The van der Waals surface area contributed by atoms with E-state index in [1.807, 2.05) is 52.7 Å². The number of anilines is 2. The van der Waals surface area contributed by atoms with Crippen LogP contribution in [0.25, 0.3) is 11.3 Å². The number of fused-ring (bicyclic) bond motifs is 1. The molecular formula is C23H21N3O3S. The minimum atomic E-state index is -0.247. The van der Waals surface area contributed by atoms with Gasteiger partial charge in [0.05, 0.1) is 5.69 Å². The average molecular weight is 420 g/mol. The maximum atomic E-state index is 12.4. The zero-order chi connectivity index (χ0) is 20.5. The van der Waals surface area contributed by atoms with Crippen molar-refractivity contribution in [1.82, 2.24) is 4.98 Å². The fourth-order valence-electron chi connectivity index (χ4n) is 3.63. The molecule has 3 aromatic rings. The standard InChI is InChI=1S/C23H21N3O3S/c27-21(13-29-18-4-2-1-3-5-18)25-23-24-19(14-30-23)16-8-9-20-17(12-16)10-11-26(20)22(28)15-6-7-15/h1-5,8-9,12,14-15H,6-7,10-11,13H2,(H,24,25,27). The Morgan fingerprint density at radius 3 is 2.80 bits per heavy atom. The molecule has 1 aliphatic heterocycles. The predicted molar refractivity (Wildman–Crippen MR) is 117 cm³/mol. The molecule has 0 atom stereocenters. The van der Waals surface area contributed by atoms with Crippen LogP contribution < -0.4 is 15.0 Å². The lowest BCUT2D eigenvalue weighted by Crippen LogP contribution is -2.30. The number of thiazole rings is 1. The monoisotopic (exact) mass is 419 g/mol. The lowest BCUT2D eigenvalue weighted by Gasteiger charge is -2.17. The van der Waals surface area contributed by atoms with Gasteiger partial charge in [-0.1, -0.05) is 24.3 Å². The van der Waals surface area contributed by atoms with Gasteiger partial charge in [0.15, 0.2) is 11.7 Å². The number of nitrogens with one attached hydrogen (secondary N) is 1. The molecule has 1 fully saturated rings. The van der Waals surface area contributed by atoms with Gasteiger partial charge in [-0.15, -0.1) is 11.3 Å². The van der Waals surface area contributed by atoms with Gasteiger partial charge in [-0.3, -0.25) is 14.9 Å². The number of amides is 2. The van der Waals surface area contributed by atoms with E-state index < -0.39 is 0 Å². The maximum Gasteiger partial charge on any atom is 0.264 e. The SMILES string of the molecule is O=C(COc1ccccc1)Nc1nc(-c2ccc3c(c2)CCN3C(=O)C2CC2)cs1. The summed E-state index contributed by atoms with van der Waals surface area (Å²) in [4.78, 5) is 31.0. The van der Waals surface area contributed by atoms with Crippen LogP contribution in [0.3, 0.4) is 0 Å². The quantitative estimate of drug-likeness (QED) is 0.652. The number of hydrogen-bond donors (Lipinski definition) is 1. The van der Waals surface area contributed by atoms with E-state index in [1.165, 1.54) is 16.9 Å². The summed E-state index contributed by atoms with van der Waals surface area (Å²) < 4.78 is 5.46. The van der Waals surface area contributed by atoms with Crippen molar-refractivity contribution < 1.29 is 14.3 Å². The molecule has 30 heavy (non-hydrogen) atoms. The Morgan fingerprint density at radius 2 is 2.00 bits per heavy atom. The molecule has 5 rings (SSSR count). The Labute approximate surface area is 178 Å². The number of nitrogens with zero attached hydrogens (tertiary/aromatic N) is 2. The van der Waals surface area contributed by atoms with Crippen molar-refractivity contribution in [1.29, 1.82) is 0 Å². The first-order chi connectivity index (χ1) is 14.7. The van der Waals surface area contributed by atoms with E-state index in [9.17, 15) is 9.59 Å². The predicted octanol–water partition coefficient (Wildman–Crippen LogP) is 4.13. The molecule has 152 valence electrons. The molecule has 0 bridgehead atoms. The summed E-state index contributed by atoms with van der Waals surface area (Å²) in [5.41, 5.74) is 4.01. The molecular weight excluding hydrogens is 398 g/mol. The molecule has 0 radical (unpaired) electrons. The maximum absolute atomic E-state index is 12.4. The summed E-state index contributed by atoms with van der Waals surface area (Å²) >= 11 is 1.38. The van der Waals surface area contributed by atoms with Crippen LogP contribution in [0.15, 0.2) is 53.9 Å². The Balaban J connectivity index is 1.23. The van der Waals surface area contributed by atoms with E-state index in [-0.39, 0.29) is 24.3 Å². The lowest BCUT2D eigenvalue weighted by atomic mass is 10.1. The summed E-state index contributed by atoms with van der Waals surface area (Å²) in [5, 5.41) is 5.25. The third kappa shape index (κ3) is 3.93. The molecule has 7 heteroatoms. The Morgan fingerprint density at radius 1 is 1.17 bits per heavy atom. The minimum Gasteiger partial charge on any atom is -0.484 e. The third-order valence-corrected chi connectivity index (χ3v) is 6.08. The largest absolute Gasteiger partial charge is 0.484 e. The highest BCUT2D eigenvalue weighted by molar-refractivity contribution is 7.14. The molecule has 1 N–H and O–H groups in total. The highest BCUT2D eigenvalue weighted by Crippen LogP contribution is 2.38. The number of carbonyl (C=O) groups excluding carboxylic acids is 2. The third-order valence-electron chi connectivity index (χ3n) is 5.33. The van der Waals surface area contributed by atoms with Crippen molar-refractivity contribution >= 4 is 34.0 Å². The second kappa shape index (κ2) is 7.91. The van der Waals surface area contributed by atoms with E-state index in [0.29, 0.717) is 10.9 Å². The first kappa shape index (κ1) is 18.8. The van der Waals surface area contributed by atoms with E-state index in [0.717, 1.165) is 42.8 Å². The Hall–Kier alpha value is -3.19. The van der Waals surface area contributed by atoms with Gasteiger partial charge in [0.25, 0.3) is 5.91 Å². The summed E-state index contributed by atoms with van der Waals surface area (Å²) in [7, 11) is 0. The first-order valence-electron chi connectivity index (χ1n) is 10.1. The van der Waals surface area contributed by atoms with Gasteiger partial charge in [0.1, 0.15) is 5.75 Å². The summed E-state index contributed by atoms with van der Waals surface area (Å²) in [6, 6.07) is 15.3. The molecule has 0 unspecified atom stereocenters. The van der Waals surface area contributed by atoms with E-state index in [2.05, 4.69) is 16.4 Å². The summed E-state index contributed by atoms with van der Waals surface area (Å²) in [6.45, 7) is 0.691. The molecule has 0 saturated heterocycles. The van der Waals surface area contributed by atoms with Crippen molar-refractivity contribution in [2.45, 2.75) is 19.3 Å². The molecule has 2 aromatic carbocycles. The van der Waals surface area contributed by atoms with Crippen molar-refractivity contribution in [3.63, 3.8) is 0 Å². The van der Waals surface area contributed by atoms with Crippen LogP contribution in [-0.2, 0) is 16.0 Å². The zero-order valence-electron chi connectivity index (χ0n) is 16.3. The Bertz CT molecular complexity index is 1090. The average Bonchev–Trinajstić information content (AvgIpc) is 3.38. The fraction of sp³-hybridized carbons (Fsp3) is 0.261. The van der Waals surface area contributed by atoms with Gasteiger partial charge in [-0.25, -0.2) is 4.98 Å². The van der Waals surface area contributed by atoms with Gasteiger partial charge in [-0.05, 0) is 49.1 Å². The van der Waals surface area contributed by atoms with Gasteiger partial charge >= 0.3 is 0 Å². The second-order valence-electron chi connectivity index (χ2n) is 7.55. The zero-order valence-corrected chi connectivity index (χ0v) is 17.2. The molecule has 1 aromatic heterocycles. The molecule has 1 aliphatic carbocycles. The first-order valence-corrected chi connectivity index (χ1v) is 10.9. The fourth-order valence-corrected chi connectivity index (χ4v) is 4.36. The highest BCUT2D eigenvalue weighted by atomic mass is 32.1. The van der Waals surface area contributed by atoms with Crippen LogP contribution in [0.2, 0.25) is 0 Å². The van der Waals surface area contributed by atoms with Crippen LogP contribution in [0.1, 0.15) is 18.4 Å². The number of benzene rings is 2. The van der Waals surface area contributed by atoms with Crippen molar-refractivity contribution in [2.24, 2.45) is 5.92 Å². The van der Waals surface area contributed by atoms with Crippen LogP contribution in [0.5, 0.6) is 5.75 Å². The van der Waals surface area contributed by atoms with Crippen molar-refractivity contribution in [3.8, 4) is 17.0 Å². The molecule has 2 aliphatic rings. The van der Waals surface area contributed by atoms with Crippen LogP contribution in [-0.4, -0.2) is 29.9 Å². The van der Waals surface area contributed by atoms with Gasteiger partial charge in [0.2, 0.25) is 5.91 Å². The summed E-state index contributed by atoms with van der Waals surface area (Å²) in [6.07, 6.45) is 2.91. The normalized spacial score (nSPS) is 15.0. The molecule has 2 amide bonds. The molecule has 1 saturated carbocycles. The highest BCUT2D eigenvalue weighted by Gasteiger charge is 2.36. The minimum absolute atomic E-state index is 0.0668. The van der Waals surface area contributed by atoms with E-state index in [4.69, 9.17) is 4.74 Å². The van der Waals surface area contributed by atoms with Crippen LogP contribution in [0, 0.1) is 5.92 Å². The molecule has 2 heterocycles. The van der Waals surface area contributed by atoms with E-state index >= 15 is 0 Å². The number of aromatic nitrogens is 1. The molecule has 6 nitrogen and oxygen atoms in total. The van der Waals surface area contributed by atoms with Crippen molar-refractivity contribution in [3.05, 3.63) is 59.5 Å². The van der Waals surface area contributed by atoms with E-state index in [1.54, 1.807) is 0 Å². The number of ether oxygens (including phenoxy) is 1. The van der Waals surface area contributed by atoms with Gasteiger partial charge < -0.3 is 9.64 Å². The topological polar surface area (TPSA) is 71.5 Å². The van der Waals surface area contributed by atoms with Gasteiger partial charge in [-0.2, -0.15) is 0 Å². The van der Waals surface area contributed by atoms with Crippen LogP contribution >= 0.6 is 11.3 Å². The summed E-state index contributed by atoms with van der Waals surface area (Å²) in [5.74, 6) is 0.895. The number of carbonyl (C=O) groups is 2. The number of hydrogen-bond acceptors (Lipinski definition) is 5.